The number of non-ortho nitro benzene ring substituents is 1. The van der Waals surface area contributed by atoms with Gasteiger partial charge in [-0.2, -0.15) is 13.2 Å². The van der Waals surface area contributed by atoms with E-state index in [0.717, 1.165) is 0 Å². The third kappa shape index (κ3) is 3.48. The van der Waals surface area contributed by atoms with Gasteiger partial charge in [-0.25, -0.2) is 4.39 Å². The molecule has 90 valence electrons. The van der Waals surface area contributed by atoms with Crippen molar-refractivity contribution in [3.8, 4) is 0 Å². The molecule has 1 aromatic rings. The molecule has 0 spiro atoms. The molecule has 0 radical (unpaired) electrons. The Balaban J connectivity index is 0.00000106. The SMILES string of the molecule is CC.O=[N+]([O-])c1ccc(F)c(C(F)(F)F)c1. The lowest BCUT2D eigenvalue weighted by Crippen LogP contribution is -2.08. The maximum Gasteiger partial charge on any atom is 0.419 e. The standard InChI is InChI=1S/C7H3F4NO2.C2H6/c8-6-2-1-4(12(13)14)3-5(6)7(9,10)11;1-2/h1-3H;1-2H3. The maximum atomic E-state index is 12.6. The van der Waals surface area contributed by atoms with Gasteiger partial charge in [-0.05, 0) is 6.07 Å². The molecule has 0 heterocycles. The van der Waals surface area contributed by atoms with E-state index >= 15 is 0 Å². The van der Waals surface area contributed by atoms with Crippen molar-refractivity contribution >= 4 is 5.69 Å². The Morgan fingerprint density at radius 1 is 1.25 bits per heavy atom. The molecule has 0 saturated heterocycles. The third-order valence-electron chi connectivity index (χ3n) is 1.47. The minimum Gasteiger partial charge on any atom is -0.258 e. The molecule has 0 saturated carbocycles. The second-order valence-corrected chi connectivity index (χ2v) is 2.42. The van der Waals surface area contributed by atoms with Gasteiger partial charge in [-0.3, -0.25) is 10.1 Å². The largest absolute Gasteiger partial charge is 0.419 e. The van der Waals surface area contributed by atoms with Gasteiger partial charge in [-0.1, -0.05) is 13.8 Å². The van der Waals surface area contributed by atoms with E-state index in [1.165, 1.54) is 0 Å². The van der Waals surface area contributed by atoms with E-state index in [9.17, 15) is 27.7 Å². The zero-order chi connectivity index (χ0) is 12.9. The Kier molecular flexibility index (Phi) is 4.87. The Morgan fingerprint density at radius 2 is 1.75 bits per heavy atom. The number of nitro benzene ring substituents is 1. The normalized spacial score (nSPS) is 10.4. The van der Waals surface area contributed by atoms with E-state index in [2.05, 4.69) is 0 Å². The molecule has 0 aliphatic heterocycles. The molecule has 1 aromatic carbocycles. The molecule has 0 N–H and O–H groups in total. The van der Waals surface area contributed by atoms with Crippen LogP contribution in [0.5, 0.6) is 0 Å². The van der Waals surface area contributed by atoms with Crippen LogP contribution in [0.25, 0.3) is 0 Å². The molecule has 0 aromatic heterocycles. The number of hydrogen-bond acceptors (Lipinski definition) is 2. The van der Waals surface area contributed by atoms with Gasteiger partial charge in [0.15, 0.2) is 0 Å². The summed E-state index contributed by atoms with van der Waals surface area (Å²) in [7, 11) is 0. The molecule has 0 unspecified atom stereocenters. The van der Waals surface area contributed by atoms with Crippen molar-refractivity contribution in [1.82, 2.24) is 0 Å². The van der Waals surface area contributed by atoms with Crippen molar-refractivity contribution in [3.05, 3.63) is 39.7 Å². The zero-order valence-corrected chi connectivity index (χ0v) is 8.51. The van der Waals surface area contributed by atoms with Gasteiger partial charge in [0.05, 0.1) is 10.5 Å². The van der Waals surface area contributed by atoms with Crippen molar-refractivity contribution in [2.24, 2.45) is 0 Å². The summed E-state index contributed by atoms with van der Waals surface area (Å²) in [6.45, 7) is 4.00. The first-order valence-electron chi connectivity index (χ1n) is 4.33. The second kappa shape index (κ2) is 5.43. The van der Waals surface area contributed by atoms with E-state index < -0.39 is 28.2 Å². The number of nitrogens with zero attached hydrogens (tertiary/aromatic N) is 1. The van der Waals surface area contributed by atoms with Gasteiger partial charge >= 0.3 is 6.18 Å². The van der Waals surface area contributed by atoms with Gasteiger partial charge in [0.25, 0.3) is 5.69 Å². The van der Waals surface area contributed by atoms with Crippen LogP contribution in [-0.2, 0) is 6.18 Å². The Morgan fingerprint density at radius 3 is 2.12 bits per heavy atom. The summed E-state index contributed by atoms with van der Waals surface area (Å²) < 4.78 is 48.7. The van der Waals surface area contributed by atoms with Crippen LogP contribution < -0.4 is 0 Å². The number of benzene rings is 1. The van der Waals surface area contributed by atoms with Crippen molar-refractivity contribution in [1.29, 1.82) is 0 Å². The van der Waals surface area contributed by atoms with Crippen molar-refractivity contribution in [2.45, 2.75) is 20.0 Å². The molecule has 7 heteroatoms. The van der Waals surface area contributed by atoms with Crippen molar-refractivity contribution < 1.29 is 22.5 Å². The van der Waals surface area contributed by atoms with E-state index in [4.69, 9.17) is 0 Å². The van der Waals surface area contributed by atoms with Crippen molar-refractivity contribution in [3.63, 3.8) is 0 Å². The summed E-state index contributed by atoms with van der Waals surface area (Å²) in [5, 5.41) is 10.1. The molecule has 3 nitrogen and oxygen atoms in total. The summed E-state index contributed by atoms with van der Waals surface area (Å²) >= 11 is 0. The quantitative estimate of drug-likeness (QED) is 0.425. The van der Waals surface area contributed by atoms with Crippen molar-refractivity contribution in [2.75, 3.05) is 0 Å². The highest BCUT2D eigenvalue weighted by atomic mass is 19.4. The van der Waals surface area contributed by atoms with E-state index in [0.29, 0.717) is 12.1 Å². The Hall–Kier alpha value is -1.66. The summed E-state index contributed by atoms with van der Waals surface area (Å²) in [5.74, 6) is -1.52. The first-order chi connectivity index (χ1) is 7.32. The van der Waals surface area contributed by atoms with Crippen LogP contribution in [0.3, 0.4) is 0 Å². The van der Waals surface area contributed by atoms with Crippen LogP contribution >= 0.6 is 0 Å². The van der Waals surface area contributed by atoms with Gasteiger partial charge in [0.2, 0.25) is 0 Å². The summed E-state index contributed by atoms with van der Waals surface area (Å²) in [5.41, 5.74) is -2.43. The number of rotatable bonds is 1. The molecule has 16 heavy (non-hydrogen) atoms. The molecule has 0 aliphatic carbocycles. The monoisotopic (exact) mass is 239 g/mol. The molecular formula is C9H9F4NO2. The molecule has 0 bridgehead atoms. The van der Waals surface area contributed by atoms with Crippen LogP contribution in [0.4, 0.5) is 23.2 Å². The van der Waals surface area contributed by atoms with Gasteiger partial charge in [0.1, 0.15) is 5.82 Å². The Labute approximate surface area is 88.8 Å². The fourth-order valence-corrected chi connectivity index (χ4v) is 0.844. The van der Waals surface area contributed by atoms with Crippen LogP contribution in [0.15, 0.2) is 18.2 Å². The Bertz CT molecular complexity index is 376. The number of alkyl halides is 3. The third-order valence-corrected chi connectivity index (χ3v) is 1.47. The predicted octanol–water partition coefficient (Wildman–Crippen LogP) is 3.78. The van der Waals surface area contributed by atoms with Crippen LogP contribution in [0.2, 0.25) is 0 Å². The topological polar surface area (TPSA) is 43.1 Å². The smallest absolute Gasteiger partial charge is 0.258 e. The van der Waals surface area contributed by atoms with Gasteiger partial charge in [-0.15, -0.1) is 0 Å². The summed E-state index contributed by atoms with van der Waals surface area (Å²) in [6.07, 6.45) is -4.92. The lowest BCUT2D eigenvalue weighted by molar-refractivity contribution is -0.385. The second-order valence-electron chi connectivity index (χ2n) is 2.42. The number of halogens is 4. The predicted molar refractivity (Wildman–Crippen MR) is 49.4 cm³/mol. The lowest BCUT2D eigenvalue weighted by atomic mass is 10.2. The zero-order valence-electron chi connectivity index (χ0n) is 8.51. The van der Waals surface area contributed by atoms with Crippen LogP contribution in [0.1, 0.15) is 19.4 Å². The maximum absolute atomic E-state index is 12.6. The molecule has 0 amide bonds. The molecule has 1 rings (SSSR count). The highest BCUT2D eigenvalue weighted by Crippen LogP contribution is 2.33. The van der Waals surface area contributed by atoms with E-state index in [-0.39, 0.29) is 6.07 Å². The molecule has 0 aliphatic rings. The summed E-state index contributed by atoms with van der Waals surface area (Å²) in [4.78, 5) is 9.09. The highest BCUT2D eigenvalue weighted by molar-refractivity contribution is 5.36. The fraction of sp³-hybridized carbons (Fsp3) is 0.333. The minimum absolute atomic E-state index is 0.162. The number of nitro groups is 1. The van der Waals surface area contributed by atoms with Gasteiger partial charge < -0.3 is 0 Å². The lowest BCUT2D eigenvalue weighted by Gasteiger charge is -2.06. The summed E-state index contributed by atoms with van der Waals surface area (Å²) in [6, 6.07) is 1.25. The molecular weight excluding hydrogens is 230 g/mol. The van der Waals surface area contributed by atoms with Gasteiger partial charge in [0, 0.05) is 12.1 Å². The molecule has 0 atom stereocenters. The first-order valence-corrected chi connectivity index (χ1v) is 4.33. The average Bonchev–Trinajstić information content (AvgIpc) is 2.19. The highest BCUT2D eigenvalue weighted by Gasteiger charge is 2.35. The van der Waals surface area contributed by atoms with E-state index in [1.807, 2.05) is 13.8 Å². The first kappa shape index (κ1) is 14.3. The minimum atomic E-state index is -4.92. The van der Waals surface area contributed by atoms with E-state index in [1.54, 1.807) is 0 Å². The van der Waals surface area contributed by atoms with Crippen LogP contribution in [-0.4, -0.2) is 4.92 Å². The average molecular weight is 239 g/mol. The number of hydrogen-bond donors (Lipinski definition) is 0. The fourth-order valence-electron chi connectivity index (χ4n) is 0.844. The molecule has 0 fully saturated rings. The van der Waals surface area contributed by atoms with Crippen LogP contribution in [0, 0.1) is 15.9 Å².